The molecule has 0 radical (unpaired) electrons. The number of esters is 1. The molecule has 3 rings (SSSR count). The van der Waals surface area contributed by atoms with Gasteiger partial charge in [-0.3, -0.25) is 14.4 Å². The summed E-state index contributed by atoms with van der Waals surface area (Å²) in [4.78, 5) is 51.7. The number of nitrogens with zero attached hydrogens (tertiary/aromatic N) is 1. The molecule has 0 aliphatic rings. The van der Waals surface area contributed by atoms with Crippen LogP contribution in [0.4, 0.5) is 11.4 Å². The summed E-state index contributed by atoms with van der Waals surface area (Å²) in [5, 5.41) is 7.10. The van der Waals surface area contributed by atoms with Crippen LogP contribution in [0.25, 0.3) is 0 Å². The minimum atomic E-state index is -0.739. The Bertz CT molecular complexity index is 1160. The Hall–Kier alpha value is -3.98. The first-order valence-corrected chi connectivity index (χ1v) is 11.6. The smallest absolute Gasteiger partial charge is 0.340 e. The number of amides is 3. The van der Waals surface area contributed by atoms with Gasteiger partial charge < -0.3 is 20.3 Å². The number of hydrogen-bond acceptors (Lipinski definition) is 6. The predicted octanol–water partition coefficient (Wildman–Crippen LogP) is 4.28. The van der Waals surface area contributed by atoms with Gasteiger partial charge in [0.25, 0.3) is 17.7 Å². The molecule has 3 aromatic rings. The van der Waals surface area contributed by atoms with Gasteiger partial charge in [-0.15, -0.1) is 11.3 Å². The van der Waals surface area contributed by atoms with E-state index in [4.69, 9.17) is 4.74 Å². The topological polar surface area (TPSA) is 105 Å². The van der Waals surface area contributed by atoms with Crippen molar-refractivity contribution in [2.24, 2.45) is 0 Å². The molecule has 1 heterocycles. The van der Waals surface area contributed by atoms with Gasteiger partial charge in [0.05, 0.1) is 16.1 Å². The molecule has 0 aliphatic heterocycles. The molecule has 0 saturated heterocycles. The summed E-state index contributed by atoms with van der Waals surface area (Å²) < 4.78 is 5.14. The van der Waals surface area contributed by atoms with Crippen molar-refractivity contribution in [3.05, 3.63) is 82.0 Å². The maximum Gasteiger partial charge on any atom is 0.340 e. The number of carbonyl (C=O) groups is 4. The van der Waals surface area contributed by atoms with Gasteiger partial charge in [0.2, 0.25) is 0 Å². The number of thiophene rings is 1. The molecule has 0 fully saturated rings. The minimum Gasteiger partial charge on any atom is -0.452 e. The molecule has 0 unspecified atom stereocenters. The summed E-state index contributed by atoms with van der Waals surface area (Å²) in [6, 6.07) is 16.4. The van der Waals surface area contributed by atoms with Crippen LogP contribution in [0, 0.1) is 0 Å². The van der Waals surface area contributed by atoms with E-state index in [2.05, 4.69) is 10.6 Å². The zero-order valence-corrected chi connectivity index (χ0v) is 19.7. The molecular weight excluding hydrogens is 454 g/mol. The highest BCUT2D eigenvalue weighted by Gasteiger charge is 2.17. The van der Waals surface area contributed by atoms with E-state index in [1.165, 1.54) is 17.4 Å². The zero-order chi connectivity index (χ0) is 24.5. The molecule has 0 bridgehead atoms. The van der Waals surface area contributed by atoms with Crippen molar-refractivity contribution in [2.45, 2.75) is 13.8 Å². The molecule has 2 N–H and O–H groups in total. The van der Waals surface area contributed by atoms with Crippen LogP contribution in [0.5, 0.6) is 0 Å². The molecule has 1 aromatic heterocycles. The summed E-state index contributed by atoms with van der Waals surface area (Å²) in [5.41, 5.74) is 1.43. The average Bonchev–Trinajstić information content (AvgIpc) is 3.39. The highest BCUT2D eigenvalue weighted by molar-refractivity contribution is 7.12. The molecule has 2 aromatic carbocycles. The van der Waals surface area contributed by atoms with Crippen molar-refractivity contribution in [3.8, 4) is 0 Å². The zero-order valence-electron chi connectivity index (χ0n) is 18.9. The van der Waals surface area contributed by atoms with Gasteiger partial charge >= 0.3 is 5.97 Å². The Morgan fingerprint density at radius 3 is 2.24 bits per heavy atom. The fraction of sp³-hybridized carbons (Fsp3) is 0.200. The van der Waals surface area contributed by atoms with Crippen LogP contribution in [0.15, 0.2) is 66.0 Å². The largest absolute Gasteiger partial charge is 0.452 e. The molecule has 0 aliphatic carbocycles. The quantitative estimate of drug-likeness (QED) is 0.446. The van der Waals surface area contributed by atoms with Gasteiger partial charge in [0, 0.05) is 24.3 Å². The molecule has 0 atom stereocenters. The molecule has 176 valence electrons. The van der Waals surface area contributed by atoms with Crippen LogP contribution in [0.1, 0.15) is 44.2 Å². The Balaban J connectivity index is 1.56. The average molecular weight is 480 g/mol. The van der Waals surface area contributed by atoms with E-state index < -0.39 is 18.5 Å². The Kier molecular flexibility index (Phi) is 8.53. The van der Waals surface area contributed by atoms with E-state index in [1.807, 2.05) is 13.8 Å². The number of rotatable bonds is 9. The van der Waals surface area contributed by atoms with E-state index in [0.29, 0.717) is 34.9 Å². The van der Waals surface area contributed by atoms with Gasteiger partial charge in [-0.2, -0.15) is 0 Å². The van der Waals surface area contributed by atoms with Gasteiger partial charge in [-0.05, 0) is 61.7 Å². The van der Waals surface area contributed by atoms with Crippen molar-refractivity contribution in [1.29, 1.82) is 0 Å². The monoisotopic (exact) mass is 479 g/mol. The number of ether oxygens (including phenoxy) is 1. The molecule has 0 spiro atoms. The molecule has 0 saturated carbocycles. The van der Waals surface area contributed by atoms with Crippen molar-refractivity contribution in [2.75, 3.05) is 30.3 Å². The van der Waals surface area contributed by atoms with Crippen molar-refractivity contribution < 1.29 is 23.9 Å². The number of nitrogens with one attached hydrogen (secondary N) is 2. The lowest BCUT2D eigenvalue weighted by atomic mass is 10.1. The van der Waals surface area contributed by atoms with Crippen LogP contribution < -0.4 is 10.6 Å². The highest BCUT2D eigenvalue weighted by Crippen LogP contribution is 2.19. The Labute approximate surface area is 201 Å². The van der Waals surface area contributed by atoms with Crippen LogP contribution in [-0.2, 0) is 9.53 Å². The van der Waals surface area contributed by atoms with Crippen molar-refractivity contribution >= 4 is 46.4 Å². The van der Waals surface area contributed by atoms with Crippen LogP contribution in [0.2, 0.25) is 0 Å². The lowest BCUT2D eigenvalue weighted by Gasteiger charge is -2.18. The highest BCUT2D eigenvalue weighted by atomic mass is 32.1. The number of anilines is 2. The van der Waals surface area contributed by atoms with E-state index in [9.17, 15) is 19.2 Å². The second-order valence-corrected chi connectivity index (χ2v) is 8.10. The standard InChI is InChI=1S/C25H25N3O5S/c1-3-28(4-2)24(31)17-11-13-18(14-12-17)26-22(29)16-33-25(32)19-8-5-6-9-20(19)27-23(30)21-10-7-15-34-21/h5-15H,3-4,16H2,1-2H3,(H,26,29)(H,27,30). The third-order valence-corrected chi connectivity index (χ3v) is 5.81. The van der Waals surface area contributed by atoms with Gasteiger partial charge in [-0.1, -0.05) is 18.2 Å². The lowest BCUT2D eigenvalue weighted by molar-refractivity contribution is -0.119. The first-order valence-electron chi connectivity index (χ1n) is 10.7. The van der Waals surface area contributed by atoms with Crippen molar-refractivity contribution in [3.63, 3.8) is 0 Å². The molecule has 8 nitrogen and oxygen atoms in total. The Morgan fingerprint density at radius 2 is 1.59 bits per heavy atom. The van der Waals surface area contributed by atoms with Crippen LogP contribution in [0.3, 0.4) is 0 Å². The second-order valence-electron chi connectivity index (χ2n) is 7.16. The summed E-state index contributed by atoms with van der Waals surface area (Å²) >= 11 is 1.28. The molecule has 34 heavy (non-hydrogen) atoms. The lowest BCUT2D eigenvalue weighted by Crippen LogP contribution is -2.30. The number of benzene rings is 2. The third-order valence-electron chi connectivity index (χ3n) is 4.94. The summed E-state index contributed by atoms with van der Waals surface area (Å²) in [5.74, 6) is -1.69. The SMILES string of the molecule is CCN(CC)C(=O)c1ccc(NC(=O)COC(=O)c2ccccc2NC(=O)c2cccs2)cc1. The molecular formula is C25H25N3O5S. The van der Waals surface area contributed by atoms with E-state index in [0.717, 1.165) is 0 Å². The predicted molar refractivity (Wildman–Crippen MR) is 131 cm³/mol. The minimum absolute atomic E-state index is 0.0818. The maximum absolute atomic E-state index is 12.5. The second kappa shape index (κ2) is 11.8. The first-order chi connectivity index (χ1) is 16.4. The number of para-hydroxylation sites is 1. The number of hydrogen-bond donors (Lipinski definition) is 2. The summed E-state index contributed by atoms with van der Waals surface area (Å²) in [7, 11) is 0. The normalized spacial score (nSPS) is 10.3. The van der Waals surface area contributed by atoms with E-state index in [1.54, 1.807) is 64.9 Å². The van der Waals surface area contributed by atoms with Gasteiger partial charge in [0.1, 0.15) is 0 Å². The van der Waals surface area contributed by atoms with Crippen LogP contribution >= 0.6 is 11.3 Å². The van der Waals surface area contributed by atoms with Gasteiger partial charge in [-0.25, -0.2) is 4.79 Å². The summed E-state index contributed by atoms with van der Waals surface area (Å²) in [6.45, 7) is 4.53. The molecule has 9 heteroatoms. The van der Waals surface area contributed by atoms with Gasteiger partial charge in [0.15, 0.2) is 6.61 Å². The Morgan fingerprint density at radius 1 is 0.882 bits per heavy atom. The fourth-order valence-corrected chi connectivity index (χ4v) is 3.78. The fourth-order valence-electron chi connectivity index (χ4n) is 3.16. The summed E-state index contributed by atoms with van der Waals surface area (Å²) in [6.07, 6.45) is 0. The first kappa shape index (κ1) is 24.7. The van der Waals surface area contributed by atoms with E-state index in [-0.39, 0.29) is 17.4 Å². The van der Waals surface area contributed by atoms with Crippen LogP contribution in [-0.4, -0.2) is 48.3 Å². The third kappa shape index (κ3) is 6.29. The molecule has 3 amide bonds. The van der Waals surface area contributed by atoms with Crippen molar-refractivity contribution in [1.82, 2.24) is 4.90 Å². The van der Waals surface area contributed by atoms with E-state index >= 15 is 0 Å². The number of carbonyl (C=O) groups excluding carboxylic acids is 4. The maximum atomic E-state index is 12.5.